The van der Waals surface area contributed by atoms with Crippen LogP contribution in [-0.4, -0.2) is 83.7 Å². The molecule has 61 heavy (non-hydrogen) atoms. The molecule has 1 saturated heterocycles. The van der Waals surface area contributed by atoms with E-state index in [0.29, 0.717) is 84.9 Å². The van der Waals surface area contributed by atoms with Crippen molar-refractivity contribution in [1.29, 1.82) is 0 Å². The van der Waals surface area contributed by atoms with Gasteiger partial charge in [0.25, 0.3) is 5.91 Å². The Morgan fingerprint density at radius 2 is 1.66 bits per heavy atom. The van der Waals surface area contributed by atoms with Gasteiger partial charge in [0.1, 0.15) is 18.1 Å². The summed E-state index contributed by atoms with van der Waals surface area (Å²) in [4.78, 5) is 43.4. The van der Waals surface area contributed by atoms with Crippen molar-refractivity contribution in [2.24, 2.45) is 0 Å². The second-order valence-corrected chi connectivity index (χ2v) is 15.4. The van der Waals surface area contributed by atoms with E-state index in [1.807, 2.05) is 91.9 Å². The molecule has 1 unspecified atom stereocenters. The number of hydrogen-bond donors (Lipinski definition) is 7. The predicted octanol–water partition coefficient (Wildman–Crippen LogP) is 7.27. The third-order valence-electron chi connectivity index (χ3n) is 11.1. The Morgan fingerprint density at radius 1 is 0.918 bits per heavy atom. The van der Waals surface area contributed by atoms with Gasteiger partial charge in [-0.3, -0.25) is 14.9 Å². The first-order valence-electron chi connectivity index (χ1n) is 20.5. The van der Waals surface area contributed by atoms with E-state index in [1.165, 1.54) is 6.07 Å². The number of aryl methyl sites for hydroxylation is 1. The van der Waals surface area contributed by atoms with Crippen LogP contribution in [0.1, 0.15) is 58.0 Å². The van der Waals surface area contributed by atoms with Crippen LogP contribution in [0, 0.1) is 6.92 Å². The van der Waals surface area contributed by atoms with Gasteiger partial charge in [-0.1, -0.05) is 78.9 Å². The maximum absolute atomic E-state index is 13.4. The molecule has 5 aromatic rings. The summed E-state index contributed by atoms with van der Waals surface area (Å²) in [6, 6.07) is 33.4. The molecule has 5 aromatic carbocycles. The summed E-state index contributed by atoms with van der Waals surface area (Å²) < 4.78 is 5.79. The second kappa shape index (κ2) is 19.7. The summed E-state index contributed by atoms with van der Waals surface area (Å²) in [6.45, 7) is 4.61. The molecule has 2 aliphatic heterocycles. The van der Waals surface area contributed by atoms with E-state index in [2.05, 4.69) is 26.2 Å². The molecular formula is C48H52N6O7. The molecule has 2 atom stereocenters. The number of nitrogens with zero attached hydrogens (tertiary/aromatic N) is 2. The number of benzene rings is 5. The van der Waals surface area contributed by atoms with Crippen LogP contribution < -0.4 is 26.2 Å². The minimum absolute atomic E-state index is 0.00555. The summed E-state index contributed by atoms with van der Waals surface area (Å²) in [6.07, 6.45) is 2.41. The Balaban J connectivity index is 0.841. The summed E-state index contributed by atoms with van der Waals surface area (Å²) >= 11 is 0. The molecule has 13 heteroatoms. The highest BCUT2D eigenvalue weighted by atomic mass is 16.6. The Kier molecular flexibility index (Phi) is 13.8. The van der Waals surface area contributed by atoms with Crippen LogP contribution in [-0.2, 0) is 16.1 Å². The molecule has 7 rings (SSSR count). The molecular weight excluding hydrogens is 773 g/mol. The average molecular weight is 825 g/mol. The van der Waals surface area contributed by atoms with Crippen molar-refractivity contribution in [3.05, 3.63) is 143 Å². The molecule has 2 heterocycles. The Bertz CT molecular complexity index is 2360. The van der Waals surface area contributed by atoms with E-state index in [9.17, 15) is 29.7 Å². The molecule has 2 aliphatic rings. The quantitative estimate of drug-likeness (QED) is 0.0565. The van der Waals surface area contributed by atoms with Gasteiger partial charge >= 0.3 is 6.09 Å². The number of carbonyl (C=O) groups is 3. The van der Waals surface area contributed by atoms with Crippen molar-refractivity contribution in [2.75, 3.05) is 54.1 Å². The maximum Gasteiger partial charge on any atom is 0.411 e. The van der Waals surface area contributed by atoms with Crippen LogP contribution in [0.4, 0.5) is 27.5 Å². The summed E-state index contributed by atoms with van der Waals surface area (Å²) in [5.74, 6) is -0.374. The highest BCUT2D eigenvalue weighted by Gasteiger charge is 2.25. The normalized spacial score (nSPS) is 15.6. The number of nitrogens with one attached hydrogen (secondary N) is 4. The largest absolute Gasteiger partial charge is 0.506 e. The Hall–Kier alpha value is -6.51. The standard InChI is InChI=1S/C48H52N6O7/c1-31-12-15-34(47(59)50-35-16-13-32(14-17-35)29-49-30-43(56)38-18-20-42(55)46-39(38)19-21-44(57)52-46)28-41(31)53(2)45(58)24-27-54-25-22-36(23-26-54)61-48(60)51-40-11-7-6-10-37(40)33-8-4-3-5-9-33/h3-21,28,36,43-44,49,52,55-57H,22-27,29-30H2,1-2H3,(H,50,59)(H,51,60)/t43-,44?/m0/s1. The number of piperidine rings is 1. The lowest BCUT2D eigenvalue weighted by molar-refractivity contribution is -0.118. The van der Waals surface area contributed by atoms with Gasteiger partial charge in [0.2, 0.25) is 5.91 Å². The number of aromatic hydroxyl groups is 1. The number of phenolic OH excluding ortho intramolecular Hbond substituents is 1. The number of rotatable bonds is 14. The first-order chi connectivity index (χ1) is 29.5. The molecule has 13 nitrogen and oxygen atoms in total. The van der Waals surface area contributed by atoms with Crippen LogP contribution in [0.2, 0.25) is 0 Å². The fourth-order valence-electron chi connectivity index (χ4n) is 7.67. The summed E-state index contributed by atoms with van der Waals surface area (Å²) in [7, 11) is 1.73. The zero-order chi connectivity index (χ0) is 42.9. The fraction of sp³-hybridized carbons (Fsp3) is 0.271. The third-order valence-corrected chi connectivity index (χ3v) is 11.1. The Morgan fingerprint density at radius 3 is 2.43 bits per heavy atom. The second-order valence-electron chi connectivity index (χ2n) is 15.4. The lowest BCUT2D eigenvalue weighted by Gasteiger charge is -2.32. The van der Waals surface area contributed by atoms with Crippen LogP contribution >= 0.6 is 0 Å². The number of amides is 3. The van der Waals surface area contributed by atoms with Gasteiger partial charge in [-0.25, -0.2) is 4.79 Å². The van der Waals surface area contributed by atoms with E-state index in [0.717, 1.165) is 22.3 Å². The number of likely N-dealkylation sites (tertiary alicyclic amines) is 1. The fourth-order valence-corrected chi connectivity index (χ4v) is 7.67. The van der Waals surface area contributed by atoms with Crippen LogP contribution in [0.25, 0.3) is 17.2 Å². The number of fused-ring (bicyclic) bond motifs is 1. The van der Waals surface area contributed by atoms with E-state index in [-0.39, 0.29) is 30.2 Å². The van der Waals surface area contributed by atoms with E-state index < -0.39 is 18.4 Å². The number of carbonyl (C=O) groups excluding carboxylic acids is 3. The number of aliphatic hydroxyl groups is 2. The van der Waals surface area contributed by atoms with Crippen molar-refractivity contribution in [2.45, 2.75) is 51.2 Å². The molecule has 0 bridgehead atoms. The molecule has 0 aromatic heterocycles. The number of para-hydroxylation sites is 1. The van der Waals surface area contributed by atoms with Crippen molar-refractivity contribution in [3.63, 3.8) is 0 Å². The number of phenols is 1. The highest BCUT2D eigenvalue weighted by Crippen LogP contribution is 2.37. The minimum Gasteiger partial charge on any atom is -0.506 e. The number of aliphatic hydroxyl groups excluding tert-OH is 2. The van der Waals surface area contributed by atoms with Crippen LogP contribution in [0.15, 0.2) is 115 Å². The highest BCUT2D eigenvalue weighted by molar-refractivity contribution is 6.05. The average Bonchev–Trinajstić information content (AvgIpc) is 3.27. The van der Waals surface area contributed by atoms with E-state index in [4.69, 9.17) is 4.74 Å². The lowest BCUT2D eigenvalue weighted by atomic mass is 9.97. The zero-order valence-electron chi connectivity index (χ0n) is 34.3. The molecule has 0 radical (unpaired) electrons. The van der Waals surface area contributed by atoms with Gasteiger partial charge in [0.15, 0.2) is 0 Å². The molecule has 7 N–H and O–H groups in total. The summed E-state index contributed by atoms with van der Waals surface area (Å²) in [5, 5.41) is 42.8. The van der Waals surface area contributed by atoms with Gasteiger partial charge in [-0.05, 0) is 84.5 Å². The molecule has 316 valence electrons. The number of anilines is 4. The molecule has 3 amide bonds. The monoisotopic (exact) mass is 824 g/mol. The Labute approximate surface area is 355 Å². The predicted molar refractivity (Wildman–Crippen MR) is 238 cm³/mol. The van der Waals surface area contributed by atoms with Crippen LogP contribution in [0.3, 0.4) is 0 Å². The van der Waals surface area contributed by atoms with Gasteiger partial charge in [-0.15, -0.1) is 0 Å². The van der Waals surface area contributed by atoms with Gasteiger partial charge in [0, 0.05) is 74.3 Å². The molecule has 0 spiro atoms. The first-order valence-corrected chi connectivity index (χ1v) is 20.5. The van der Waals surface area contributed by atoms with Gasteiger partial charge < -0.3 is 45.8 Å². The van der Waals surface area contributed by atoms with Crippen LogP contribution in [0.5, 0.6) is 5.75 Å². The number of ether oxygens (including phenoxy) is 1. The van der Waals surface area contributed by atoms with Crippen molar-refractivity contribution in [3.8, 4) is 16.9 Å². The SMILES string of the molecule is Cc1ccc(C(=O)Nc2ccc(CNC[C@H](O)c3ccc(O)c4c3C=CC(O)N4)cc2)cc1N(C)C(=O)CCN1CCC(OC(=O)Nc2ccccc2-c2ccccc2)CC1. The van der Waals surface area contributed by atoms with E-state index in [1.54, 1.807) is 42.3 Å². The maximum atomic E-state index is 13.4. The smallest absolute Gasteiger partial charge is 0.411 e. The van der Waals surface area contributed by atoms with E-state index >= 15 is 0 Å². The lowest BCUT2D eigenvalue weighted by Crippen LogP contribution is -2.40. The molecule has 1 fully saturated rings. The molecule has 0 saturated carbocycles. The topological polar surface area (TPSA) is 176 Å². The van der Waals surface area contributed by atoms with Gasteiger partial charge in [0.05, 0.1) is 17.5 Å². The first kappa shape index (κ1) is 42.6. The minimum atomic E-state index is -0.914. The zero-order valence-corrected chi connectivity index (χ0v) is 34.3. The summed E-state index contributed by atoms with van der Waals surface area (Å²) in [5.41, 5.74) is 7.75. The third kappa shape index (κ3) is 10.8. The van der Waals surface area contributed by atoms with Crippen molar-refractivity contribution >= 4 is 46.7 Å². The molecule has 0 aliphatic carbocycles. The van der Waals surface area contributed by atoms with Gasteiger partial charge in [-0.2, -0.15) is 0 Å². The number of hydrogen-bond acceptors (Lipinski definition) is 10. The van der Waals surface area contributed by atoms with Crippen molar-refractivity contribution in [1.82, 2.24) is 10.2 Å². The van der Waals surface area contributed by atoms with Crippen molar-refractivity contribution < 1.29 is 34.4 Å².